The molecule has 1 aliphatic heterocycles. The standard InChI is InChI=1S/C56H32O/c1-2-16-34-33(15-1)43-29-41-39-21-7-13-27-49(39)55(45-23-9-3-17-35(45)36-18-4-10-24-46(36)55)51(41)31-53(43)57-54-32-52-42(30-44(34)54)40-22-8-14-28-50(40)56(52)47-25-11-5-19-37(47)38-20-6-12-26-48(38)56/h1-32H. The molecule has 0 radical (unpaired) electrons. The Bertz CT molecular complexity index is 2980. The first kappa shape index (κ1) is 30.1. The highest BCUT2D eigenvalue weighted by Crippen LogP contribution is 2.67. The van der Waals surface area contributed by atoms with E-state index in [2.05, 4.69) is 194 Å². The summed E-state index contributed by atoms with van der Waals surface area (Å²) in [5.41, 5.74) is 24.7. The van der Waals surface area contributed by atoms with Gasteiger partial charge in [0, 0.05) is 11.1 Å². The van der Waals surface area contributed by atoms with E-state index in [4.69, 9.17) is 4.74 Å². The number of hydrogen-bond acceptors (Lipinski definition) is 1. The first-order valence-corrected chi connectivity index (χ1v) is 20.0. The Hall–Kier alpha value is -7.22. The predicted octanol–water partition coefficient (Wildman–Crippen LogP) is 13.8. The summed E-state index contributed by atoms with van der Waals surface area (Å²) in [6.07, 6.45) is 0. The van der Waals surface area contributed by atoms with Gasteiger partial charge in [0.15, 0.2) is 0 Å². The monoisotopic (exact) mass is 720 g/mol. The van der Waals surface area contributed by atoms with Gasteiger partial charge in [-0.05, 0) is 124 Å². The average Bonchev–Trinajstić information content (AvgIpc) is 3.91. The Kier molecular flexibility index (Phi) is 5.45. The van der Waals surface area contributed by atoms with Gasteiger partial charge >= 0.3 is 0 Å². The summed E-state index contributed by atoms with van der Waals surface area (Å²) in [6, 6.07) is 72.7. The Labute approximate surface area is 331 Å². The summed E-state index contributed by atoms with van der Waals surface area (Å²) < 4.78 is 7.49. The molecule has 0 amide bonds. The molecule has 9 aromatic rings. The van der Waals surface area contributed by atoms with E-state index in [1.165, 1.54) is 100 Å². The lowest BCUT2D eigenvalue weighted by Crippen LogP contribution is -2.26. The first-order valence-electron chi connectivity index (χ1n) is 20.0. The van der Waals surface area contributed by atoms with Gasteiger partial charge in [-0.3, -0.25) is 0 Å². The average molecular weight is 721 g/mol. The highest BCUT2D eigenvalue weighted by atomic mass is 16.5. The summed E-state index contributed by atoms with van der Waals surface area (Å²) in [7, 11) is 0. The highest BCUT2D eigenvalue weighted by Gasteiger charge is 2.54. The number of fused-ring (bicyclic) bond motifs is 25. The van der Waals surface area contributed by atoms with Gasteiger partial charge < -0.3 is 4.74 Å². The normalized spacial score (nSPS) is 15.1. The zero-order valence-electron chi connectivity index (χ0n) is 30.9. The topological polar surface area (TPSA) is 9.23 Å². The molecule has 14 rings (SSSR count). The molecule has 0 unspecified atom stereocenters. The zero-order valence-corrected chi connectivity index (χ0v) is 30.9. The maximum absolute atomic E-state index is 7.49. The largest absolute Gasteiger partial charge is 0.456 e. The smallest absolute Gasteiger partial charge is 0.135 e. The van der Waals surface area contributed by atoms with Crippen molar-refractivity contribution in [2.45, 2.75) is 10.8 Å². The van der Waals surface area contributed by atoms with Crippen LogP contribution in [0.25, 0.3) is 66.8 Å². The molecule has 57 heavy (non-hydrogen) atoms. The van der Waals surface area contributed by atoms with Crippen LogP contribution in [0.3, 0.4) is 0 Å². The molecule has 1 nitrogen and oxygen atoms in total. The maximum Gasteiger partial charge on any atom is 0.135 e. The Morgan fingerprint density at radius 1 is 0.211 bits per heavy atom. The van der Waals surface area contributed by atoms with Gasteiger partial charge in [-0.25, -0.2) is 0 Å². The van der Waals surface area contributed by atoms with Crippen LogP contribution in [-0.4, -0.2) is 0 Å². The molecule has 1 heteroatoms. The van der Waals surface area contributed by atoms with E-state index in [9.17, 15) is 0 Å². The van der Waals surface area contributed by atoms with Crippen molar-refractivity contribution in [2.75, 3.05) is 0 Å². The number of benzene rings is 9. The van der Waals surface area contributed by atoms with Gasteiger partial charge in [0.1, 0.15) is 11.5 Å². The van der Waals surface area contributed by atoms with Crippen LogP contribution < -0.4 is 4.74 Å². The summed E-state index contributed by atoms with van der Waals surface area (Å²) in [5.74, 6) is 1.79. The van der Waals surface area contributed by atoms with E-state index in [1.54, 1.807) is 0 Å². The second kappa shape index (κ2) is 10.3. The molecule has 4 aliphatic carbocycles. The minimum Gasteiger partial charge on any atom is -0.456 e. The van der Waals surface area contributed by atoms with E-state index >= 15 is 0 Å². The summed E-state index contributed by atoms with van der Waals surface area (Å²) in [6.45, 7) is 0. The van der Waals surface area contributed by atoms with Crippen LogP contribution in [-0.2, 0) is 10.8 Å². The molecule has 0 aromatic heterocycles. The fraction of sp³-hybridized carbons (Fsp3) is 0.0357. The Balaban J connectivity index is 1.07. The predicted molar refractivity (Wildman–Crippen MR) is 230 cm³/mol. The second-order valence-corrected chi connectivity index (χ2v) is 16.2. The number of rotatable bonds is 0. The van der Waals surface area contributed by atoms with Crippen molar-refractivity contribution >= 4 is 0 Å². The van der Waals surface area contributed by atoms with Gasteiger partial charge in [0.2, 0.25) is 0 Å². The van der Waals surface area contributed by atoms with E-state index in [1.807, 2.05) is 0 Å². The molecule has 1 heterocycles. The van der Waals surface area contributed by atoms with Gasteiger partial charge in [0.05, 0.1) is 10.8 Å². The maximum atomic E-state index is 7.49. The van der Waals surface area contributed by atoms with Crippen LogP contribution in [0.4, 0.5) is 0 Å². The Morgan fingerprint density at radius 2 is 0.456 bits per heavy atom. The molecule has 262 valence electrons. The molecular formula is C56H32O. The molecule has 0 fully saturated rings. The molecule has 0 atom stereocenters. The van der Waals surface area contributed by atoms with Crippen molar-refractivity contribution < 1.29 is 4.74 Å². The molecule has 0 saturated heterocycles. The summed E-state index contributed by atoms with van der Waals surface area (Å²) >= 11 is 0. The number of ether oxygens (including phenoxy) is 1. The van der Waals surface area contributed by atoms with E-state index < -0.39 is 10.8 Å². The van der Waals surface area contributed by atoms with Crippen molar-refractivity contribution in [1.82, 2.24) is 0 Å². The van der Waals surface area contributed by atoms with E-state index in [-0.39, 0.29) is 0 Å². The van der Waals surface area contributed by atoms with Crippen LogP contribution in [0.5, 0.6) is 11.5 Å². The third-order valence-corrected chi connectivity index (χ3v) is 13.9. The fourth-order valence-corrected chi connectivity index (χ4v) is 11.9. The van der Waals surface area contributed by atoms with Gasteiger partial charge in [-0.2, -0.15) is 0 Å². The quantitative estimate of drug-likeness (QED) is 0.152. The van der Waals surface area contributed by atoms with Crippen molar-refractivity contribution in [2.24, 2.45) is 0 Å². The van der Waals surface area contributed by atoms with Gasteiger partial charge in [-0.15, -0.1) is 0 Å². The lowest BCUT2D eigenvalue weighted by molar-refractivity contribution is 0.485. The van der Waals surface area contributed by atoms with Crippen LogP contribution in [0.2, 0.25) is 0 Å². The zero-order chi connectivity index (χ0) is 37.0. The van der Waals surface area contributed by atoms with Crippen molar-refractivity contribution in [1.29, 1.82) is 0 Å². The lowest BCUT2D eigenvalue weighted by Gasteiger charge is -2.31. The van der Waals surface area contributed by atoms with E-state index in [0.29, 0.717) is 0 Å². The van der Waals surface area contributed by atoms with Crippen LogP contribution in [0.15, 0.2) is 194 Å². The molecule has 0 bridgehead atoms. The number of hydrogen-bond donors (Lipinski definition) is 0. The molecule has 0 saturated carbocycles. The Morgan fingerprint density at radius 3 is 0.754 bits per heavy atom. The van der Waals surface area contributed by atoms with Crippen LogP contribution in [0.1, 0.15) is 44.5 Å². The second-order valence-electron chi connectivity index (χ2n) is 16.2. The van der Waals surface area contributed by atoms with Crippen LogP contribution >= 0.6 is 0 Å². The third kappa shape index (κ3) is 3.38. The van der Waals surface area contributed by atoms with E-state index in [0.717, 1.165) is 22.6 Å². The third-order valence-electron chi connectivity index (χ3n) is 13.9. The summed E-state index contributed by atoms with van der Waals surface area (Å²) in [4.78, 5) is 0. The van der Waals surface area contributed by atoms with Crippen molar-refractivity contribution in [3.05, 3.63) is 239 Å². The molecule has 9 aromatic carbocycles. The highest BCUT2D eigenvalue weighted by molar-refractivity contribution is 6.02. The van der Waals surface area contributed by atoms with Gasteiger partial charge in [0.25, 0.3) is 0 Å². The minimum atomic E-state index is -0.451. The SMILES string of the molecule is c1ccc2c(c1)-c1cc3c(cc1Oc1cc4c(cc1-2)-c1ccccc1C41c2ccccc2-c2ccccc21)C1(c2ccccc2-c2ccccc21)c1ccccc1-3. The molecule has 0 N–H and O–H groups in total. The molecule has 2 spiro atoms. The lowest BCUT2D eigenvalue weighted by atomic mass is 9.70. The molecular weight excluding hydrogens is 689 g/mol. The first-order chi connectivity index (χ1) is 28.3. The van der Waals surface area contributed by atoms with Crippen LogP contribution in [0, 0.1) is 0 Å². The van der Waals surface area contributed by atoms with Gasteiger partial charge in [-0.1, -0.05) is 170 Å². The minimum absolute atomic E-state index is 0.451. The summed E-state index contributed by atoms with van der Waals surface area (Å²) in [5, 5.41) is 0. The fourth-order valence-electron chi connectivity index (χ4n) is 11.9. The molecule has 5 aliphatic rings. The van der Waals surface area contributed by atoms with Crippen molar-refractivity contribution in [3.8, 4) is 78.3 Å². The van der Waals surface area contributed by atoms with Crippen molar-refractivity contribution in [3.63, 3.8) is 0 Å².